The maximum atomic E-state index is 12.6. The SMILES string of the molecule is O=C(O)CCc1ccc(C(F)F)cc1C(F)F. The molecule has 0 aliphatic carbocycles. The molecule has 1 aromatic rings. The number of halogens is 4. The maximum absolute atomic E-state index is 12.6. The zero-order valence-corrected chi connectivity index (χ0v) is 8.67. The second kappa shape index (κ2) is 5.65. The number of benzene rings is 1. The van der Waals surface area contributed by atoms with Crippen LogP contribution in [0.3, 0.4) is 0 Å². The Hall–Kier alpha value is -1.59. The van der Waals surface area contributed by atoms with Crippen LogP contribution in [-0.2, 0) is 11.2 Å². The first-order valence-electron chi connectivity index (χ1n) is 4.82. The second-order valence-electron chi connectivity index (χ2n) is 3.45. The highest BCUT2D eigenvalue weighted by Crippen LogP contribution is 2.29. The summed E-state index contributed by atoms with van der Waals surface area (Å²) in [6.07, 6.45) is -6.12. The number of rotatable bonds is 5. The van der Waals surface area contributed by atoms with Crippen LogP contribution in [0.1, 0.15) is 36.0 Å². The number of alkyl halides is 4. The van der Waals surface area contributed by atoms with E-state index in [9.17, 15) is 22.4 Å². The number of aliphatic carboxylic acids is 1. The van der Waals surface area contributed by atoms with Gasteiger partial charge in [0.15, 0.2) is 0 Å². The van der Waals surface area contributed by atoms with E-state index >= 15 is 0 Å². The summed E-state index contributed by atoms with van der Waals surface area (Å²) in [7, 11) is 0. The topological polar surface area (TPSA) is 37.3 Å². The van der Waals surface area contributed by atoms with E-state index in [0.717, 1.165) is 18.2 Å². The van der Waals surface area contributed by atoms with Crippen molar-refractivity contribution >= 4 is 5.97 Å². The average molecular weight is 250 g/mol. The highest BCUT2D eigenvalue weighted by Gasteiger charge is 2.17. The van der Waals surface area contributed by atoms with Crippen LogP contribution in [-0.4, -0.2) is 11.1 Å². The van der Waals surface area contributed by atoms with Crippen LogP contribution in [0.4, 0.5) is 17.6 Å². The van der Waals surface area contributed by atoms with Gasteiger partial charge in [-0.25, -0.2) is 17.6 Å². The molecule has 0 saturated heterocycles. The fourth-order valence-electron chi connectivity index (χ4n) is 1.42. The molecule has 0 unspecified atom stereocenters. The summed E-state index contributed by atoms with van der Waals surface area (Å²) in [5.41, 5.74) is -0.921. The average Bonchev–Trinajstić information content (AvgIpc) is 2.25. The van der Waals surface area contributed by atoms with E-state index in [2.05, 4.69) is 0 Å². The first-order chi connectivity index (χ1) is 7.91. The van der Waals surface area contributed by atoms with Gasteiger partial charge in [0.25, 0.3) is 12.9 Å². The second-order valence-corrected chi connectivity index (χ2v) is 3.45. The Morgan fingerprint density at radius 3 is 2.29 bits per heavy atom. The zero-order chi connectivity index (χ0) is 13.0. The minimum Gasteiger partial charge on any atom is -0.481 e. The number of carboxylic acids is 1. The molecule has 0 amide bonds. The van der Waals surface area contributed by atoms with E-state index in [1.165, 1.54) is 0 Å². The number of aryl methyl sites for hydroxylation is 1. The Kier molecular flexibility index (Phi) is 4.48. The Bertz CT molecular complexity index is 404. The molecule has 0 bridgehead atoms. The summed E-state index contributed by atoms with van der Waals surface area (Å²) >= 11 is 0. The van der Waals surface area contributed by atoms with Gasteiger partial charge in [-0.05, 0) is 18.1 Å². The minimum absolute atomic E-state index is 0.0896. The summed E-state index contributed by atoms with van der Waals surface area (Å²) < 4.78 is 49.8. The van der Waals surface area contributed by atoms with E-state index < -0.39 is 29.9 Å². The molecular formula is C11H10F4O2. The molecule has 0 aliphatic rings. The van der Waals surface area contributed by atoms with Crippen molar-refractivity contribution in [2.45, 2.75) is 25.7 Å². The van der Waals surface area contributed by atoms with Gasteiger partial charge < -0.3 is 5.11 Å². The van der Waals surface area contributed by atoms with Crippen molar-refractivity contribution in [3.8, 4) is 0 Å². The maximum Gasteiger partial charge on any atom is 0.303 e. The van der Waals surface area contributed by atoms with Crippen LogP contribution in [0.5, 0.6) is 0 Å². The molecule has 0 fully saturated rings. The van der Waals surface area contributed by atoms with Crippen molar-refractivity contribution < 1.29 is 27.5 Å². The highest BCUT2D eigenvalue weighted by atomic mass is 19.3. The molecule has 0 saturated carbocycles. The lowest BCUT2D eigenvalue weighted by molar-refractivity contribution is -0.136. The Morgan fingerprint density at radius 2 is 1.82 bits per heavy atom. The monoisotopic (exact) mass is 250 g/mol. The van der Waals surface area contributed by atoms with Crippen LogP contribution in [0.25, 0.3) is 0 Å². The molecule has 17 heavy (non-hydrogen) atoms. The molecular weight excluding hydrogens is 240 g/mol. The first-order valence-corrected chi connectivity index (χ1v) is 4.82. The van der Waals surface area contributed by atoms with Crippen molar-refractivity contribution in [3.63, 3.8) is 0 Å². The minimum atomic E-state index is -2.89. The van der Waals surface area contributed by atoms with Crippen LogP contribution < -0.4 is 0 Å². The summed E-state index contributed by atoms with van der Waals surface area (Å²) in [4.78, 5) is 10.3. The van der Waals surface area contributed by atoms with Gasteiger partial charge in [-0.15, -0.1) is 0 Å². The standard InChI is InChI=1S/C11H10F4O2/c12-10(13)7-2-1-6(3-4-9(16)17)8(5-7)11(14)15/h1-2,5,10-11H,3-4H2,(H,16,17). The Morgan fingerprint density at radius 1 is 1.18 bits per heavy atom. The third kappa shape index (κ3) is 3.72. The smallest absolute Gasteiger partial charge is 0.303 e. The van der Waals surface area contributed by atoms with Crippen LogP contribution >= 0.6 is 0 Å². The summed E-state index contributed by atoms with van der Waals surface area (Å²) in [5, 5.41) is 8.44. The lowest BCUT2D eigenvalue weighted by Crippen LogP contribution is -2.02. The van der Waals surface area contributed by atoms with E-state index in [1.807, 2.05) is 0 Å². The summed E-state index contributed by atoms with van der Waals surface area (Å²) in [6.45, 7) is 0. The van der Waals surface area contributed by atoms with Crippen molar-refractivity contribution in [2.75, 3.05) is 0 Å². The lowest BCUT2D eigenvalue weighted by atomic mass is 10.0. The summed E-state index contributed by atoms with van der Waals surface area (Å²) in [5.74, 6) is -1.12. The Balaban J connectivity index is 3.00. The molecule has 94 valence electrons. The largest absolute Gasteiger partial charge is 0.481 e. The molecule has 0 aromatic heterocycles. The van der Waals surface area contributed by atoms with Gasteiger partial charge in [0.2, 0.25) is 0 Å². The molecule has 0 spiro atoms. The molecule has 6 heteroatoms. The molecule has 0 atom stereocenters. The lowest BCUT2D eigenvalue weighted by Gasteiger charge is -2.10. The normalized spacial score (nSPS) is 11.2. The molecule has 0 radical (unpaired) electrons. The molecule has 1 N–H and O–H groups in total. The molecule has 1 aromatic carbocycles. The number of carboxylic acid groups (broad SMARTS) is 1. The quantitative estimate of drug-likeness (QED) is 0.811. The zero-order valence-electron chi connectivity index (χ0n) is 8.67. The van der Waals surface area contributed by atoms with Crippen LogP contribution in [0.15, 0.2) is 18.2 Å². The first kappa shape index (κ1) is 13.5. The number of hydrogen-bond donors (Lipinski definition) is 1. The van der Waals surface area contributed by atoms with Gasteiger partial charge in [0, 0.05) is 17.5 Å². The van der Waals surface area contributed by atoms with Gasteiger partial charge in [-0.1, -0.05) is 12.1 Å². The van der Waals surface area contributed by atoms with E-state index in [0.29, 0.717) is 0 Å². The molecule has 1 rings (SSSR count). The van der Waals surface area contributed by atoms with Gasteiger partial charge in [-0.3, -0.25) is 4.79 Å². The van der Waals surface area contributed by atoms with Gasteiger partial charge >= 0.3 is 5.97 Å². The van der Waals surface area contributed by atoms with Gasteiger partial charge in [-0.2, -0.15) is 0 Å². The Labute approximate surface area is 94.9 Å². The highest BCUT2D eigenvalue weighted by molar-refractivity contribution is 5.67. The van der Waals surface area contributed by atoms with Crippen LogP contribution in [0, 0.1) is 0 Å². The van der Waals surface area contributed by atoms with Crippen molar-refractivity contribution in [1.82, 2.24) is 0 Å². The van der Waals surface area contributed by atoms with Crippen molar-refractivity contribution in [3.05, 3.63) is 34.9 Å². The van der Waals surface area contributed by atoms with Gasteiger partial charge in [0.05, 0.1) is 0 Å². The number of carbonyl (C=O) groups is 1. The predicted molar refractivity (Wildman–Crippen MR) is 52.3 cm³/mol. The predicted octanol–water partition coefficient (Wildman–Crippen LogP) is 3.58. The molecule has 0 heterocycles. The van der Waals surface area contributed by atoms with E-state index in [-0.39, 0.29) is 18.4 Å². The third-order valence-electron chi connectivity index (χ3n) is 2.27. The molecule has 2 nitrogen and oxygen atoms in total. The third-order valence-corrected chi connectivity index (χ3v) is 2.27. The molecule has 0 aliphatic heterocycles. The van der Waals surface area contributed by atoms with Gasteiger partial charge in [0.1, 0.15) is 0 Å². The van der Waals surface area contributed by atoms with Crippen molar-refractivity contribution in [1.29, 1.82) is 0 Å². The van der Waals surface area contributed by atoms with E-state index in [4.69, 9.17) is 5.11 Å². The fraction of sp³-hybridized carbons (Fsp3) is 0.364. The summed E-state index contributed by atoms with van der Waals surface area (Å²) in [6, 6.07) is 2.90. The fourth-order valence-corrected chi connectivity index (χ4v) is 1.42. The van der Waals surface area contributed by atoms with Crippen LogP contribution in [0.2, 0.25) is 0 Å². The number of hydrogen-bond acceptors (Lipinski definition) is 1. The van der Waals surface area contributed by atoms with E-state index in [1.54, 1.807) is 0 Å². The van der Waals surface area contributed by atoms with Crippen molar-refractivity contribution in [2.24, 2.45) is 0 Å².